The quantitative estimate of drug-likeness (QED) is 0.673. The van der Waals surface area contributed by atoms with Gasteiger partial charge in [-0.1, -0.05) is 30.3 Å². The van der Waals surface area contributed by atoms with Gasteiger partial charge in [-0.2, -0.15) is 13.2 Å². The molecule has 0 aliphatic carbocycles. The number of amides is 1. The number of carbonyl (C=O) groups excluding carboxylic acids is 1. The zero-order valence-electron chi connectivity index (χ0n) is 16.4. The van der Waals surface area contributed by atoms with Gasteiger partial charge < -0.3 is 10.2 Å². The minimum Gasteiger partial charge on any atom is -0.367 e. The molecule has 0 spiro atoms. The maximum atomic E-state index is 13.3. The van der Waals surface area contributed by atoms with E-state index in [0.29, 0.717) is 29.9 Å². The number of hydrogen-bond donors (Lipinski definition) is 1. The van der Waals surface area contributed by atoms with Crippen molar-refractivity contribution in [2.75, 3.05) is 18.4 Å². The molecule has 156 valence electrons. The van der Waals surface area contributed by atoms with Crippen LogP contribution >= 0.6 is 0 Å². The number of piperidine rings is 1. The van der Waals surface area contributed by atoms with Gasteiger partial charge in [0.15, 0.2) is 0 Å². The number of alkyl halides is 3. The lowest BCUT2D eigenvalue weighted by atomic mass is 10.0. The summed E-state index contributed by atoms with van der Waals surface area (Å²) in [6.07, 6.45) is -1.47. The SMILES string of the molecule is CC(=O)N1CCC(Nc2ncc(-c3ccccc3)c3nc(C(F)(F)F)ccc23)CC1. The second-order valence-corrected chi connectivity index (χ2v) is 7.40. The third-order valence-corrected chi connectivity index (χ3v) is 5.38. The molecule has 1 fully saturated rings. The molecule has 4 rings (SSSR count). The Morgan fingerprint density at radius 1 is 1.10 bits per heavy atom. The fourth-order valence-electron chi connectivity index (χ4n) is 3.75. The van der Waals surface area contributed by atoms with Gasteiger partial charge in [-0.05, 0) is 30.5 Å². The summed E-state index contributed by atoms with van der Waals surface area (Å²) in [7, 11) is 0. The first-order valence-corrected chi connectivity index (χ1v) is 9.77. The maximum Gasteiger partial charge on any atom is 0.433 e. The Balaban J connectivity index is 1.72. The van der Waals surface area contributed by atoms with Crippen LogP contribution in [-0.4, -0.2) is 39.9 Å². The second kappa shape index (κ2) is 7.93. The summed E-state index contributed by atoms with van der Waals surface area (Å²) in [5.74, 6) is 0.556. The van der Waals surface area contributed by atoms with Gasteiger partial charge >= 0.3 is 6.18 Å². The molecule has 0 atom stereocenters. The van der Waals surface area contributed by atoms with Crippen LogP contribution < -0.4 is 5.32 Å². The van der Waals surface area contributed by atoms with Crippen LogP contribution in [0.2, 0.25) is 0 Å². The first-order chi connectivity index (χ1) is 14.3. The van der Waals surface area contributed by atoms with Crippen LogP contribution in [0.15, 0.2) is 48.7 Å². The van der Waals surface area contributed by atoms with Crippen molar-refractivity contribution in [1.82, 2.24) is 14.9 Å². The molecular formula is C22H21F3N4O. The Hall–Kier alpha value is -3.16. The molecular weight excluding hydrogens is 393 g/mol. The number of hydrogen-bond acceptors (Lipinski definition) is 4. The van der Waals surface area contributed by atoms with Gasteiger partial charge in [-0.3, -0.25) is 4.79 Å². The Morgan fingerprint density at radius 2 is 1.80 bits per heavy atom. The van der Waals surface area contributed by atoms with Crippen molar-refractivity contribution in [2.24, 2.45) is 0 Å². The van der Waals surface area contributed by atoms with E-state index >= 15 is 0 Å². The number of nitrogens with zero attached hydrogens (tertiary/aromatic N) is 3. The molecule has 30 heavy (non-hydrogen) atoms. The Labute approximate surface area is 171 Å². The molecule has 0 unspecified atom stereocenters. The van der Waals surface area contributed by atoms with Crippen molar-refractivity contribution in [3.05, 3.63) is 54.4 Å². The van der Waals surface area contributed by atoms with E-state index in [1.54, 1.807) is 18.0 Å². The smallest absolute Gasteiger partial charge is 0.367 e. The number of benzene rings is 1. The molecule has 1 N–H and O–H groups in total. The fraction of sp³-hybridized carbons (Fsp3) is 0.318. The summed E-state index contributed by atoms with van der Waals surface area (Å²) >= 11 is 0. The van der Waals surface area contributed by atoms with Crippen LogP contribution in [0, 0.1) is 0 Å². The first kappa shape index (κ1) is 20.1. The number of nitrogens with one attached hydrogen (secondary N) is 1. The van der Waals surface area contributed by atoms with E-state index in [4.69, 9.17) is 0 Å². The van der Waals surface area contributed by atoms with Crippen LogP contribution in [0.3, 0.4) is 0 Å². The minimum absolute atomic E-state index is 0.0492. The molecule has 1 aromatic carbocycles. The summed E-state index contributed by atoms with van der Waals surface area (Å²) < 4.78 is 39.9. The van der Waals surface area contributed by atoms with E-state index in [9.17, 15) is 18.0 Å². The molecule has 1 aliphatic heterocycles. The Kier molecular flexibility index (Phi) is 5.32. The van der Waals surface area contributed by atoms with Crippen molar-refractivity contribution in [1.29, 1.82) is 0 Å². The van der Waals surface area contributed by atoms with E-state index in [1.807, 2.05) is 30.3 Å². The topological polar surface area (TPSA) is 58.1 Å². The Morgan fingerprint density at radius 3 is 2.43 bits per heavy atom. The number of anilines is 1. The summed E-state index contributed by atoms with van der Waals surface area (Å²) in [5, 5.41) is 3.89. The molecule has 1 saturated heterocycles. The van der Waals surface area contributed by atoms with Crippen molar-refractivity contribution in [3.63, 3.8) is 0 Å². The predicted molar refractivity (Wildman–Crippen MR) is 109 cm³/mol. The van der Waals surface area contributed by atoms with Gasteiger partial charge in [0, 0.05) is 43.2 Å². The van der Waals surface area contributed by atoms with Crippen LogP contribution in [-0.2, 0) is 11.0 Å². The highest BCUT2D eigenvalue weighted by atomic mass is 19.4. The monoisotopic (exact) mass is 414 g/mol. The second-order valence-electron chi connectivity index (χ2n) is 7.40. The van der Waals surface area contributed by atoms with E-state index in [1.165, 1.54) is 6.07 Å². The Bertz CT molecular complexity index is 1060. The van der Waals surface area contributed by atoms with Gasteiger partial charge in [-0.15, -0.1) is 0 Å². The van der Waals surface area contributed by atoms with Crippen LogP contribution in [0.5, 0.6) is 0 Å². The summed E-state index contributed by atoms with van der Waals surface area (Å²) in [6, 6.07) is 11.6. The van der Waals surface area contributed by atoms with E-state index in [2.05, 4.69) is 15.3 Å². The van der Waals surface area contributed by atoms with Crippen molar-refractivity contribution < 1.29 is 18.0 Å². The fourth-order valence-corrected chi connectivity index (χ4v) is 3.75. The highest BCUT2D eigenvalue weighted by Crippen LogP contribution is 2.35. The number of carbonyl (C=O) groups is 1. The van der Waals surface area contributed by atoms with E-state index in [-0.39, 0.29) is 17.5 Å². The van der Waals surface area contributed by atoms with Gasteiger partial charge in [-0.25, -0.2) is 9.97 Å². The number of fused-ring (bicyclic) bond motifs is 1. The van der Waals surface area contributed by atoms with Crippen molar-refractivity contribution in [3.8, 4) is 11.1 Å². The molecule has 5 nitrogen and oxygen atoms in total. The lowest BCUT2D eigenvalue weighted by Gasteiger charge is -2.32. The van der Waals surface area contributed by atoms with Gasteiger partial charge in [0.05, 0.1) is 5.52 Å². The van der Waals surface area contributed by atoms with Crippen molar-refractivity contribution >= 4 is 22.6 Å². The molecule has 3 heterocycles. The lowest BCUT2D eigenvalue weighted by Crippen LogP contribution is -2.41. The number of likely N-dealkylation sites (tertiary alicyclic amines) is 1. The summed E-state index contributed by atoms with van der Waals surface area (Å²) in [6.45, 7) is 2.84. The van der Waals surface area contributed by atoms with E-state index in [0.717, 1.165) is 24.5 Å². The summed E-state index contributed by atoms with van der Waals surface area (Å²) in [4.78, 5) is 21.8. The lowest BCUT2D eigenvalue weighted by molar-refractivity contribution is -0.141. The standard InChI is InChI=1S/C22H21F3N4O/c1-14(30)29-11-9-16(10-12-29)27-21-17-7-8-19(22(23,24)25)28-20(17)18(13-26-21)15-5-3-2-4-6-15/h2-8,13,16H,9-12H2,1H3,(H,26,27). The molecule has 1 amide bonds. The third-order valence-electron chi connectivity index (χ3n) is 5.38. The molecule has 0 radical (unpaired) electrons. The number of aromatic nitrogens is 2. The predicted octanol–water partition coefficient (Wildman–Crippen LogP) is 4.74. The van der Waals surface area contributed by atoms with Crippen LogP contribution in [0.4, 0.5) is 19.0 Å². The number of rotatable bonds is 3. The van der Waals surface area contributed by atoms with Crippen LogP contribution in [0.25, 0.3) is 22.0 Å². The average molecular weight is 414 g/mol. The zero-order chi connectivity index (χ0) is 21.3. The average Bonchev–Trinajstić information content (AvgIpc) is 2.74. The molecule has 0 saturated carbocycles. The molecule has 3 aromatic rings. The van der Waals surface area contributed by atoms with Crippen LogP contribution in [0.1, 0.15) is 25.5 Å². The maximum absolute atomic E-state index is 13.3. The number of halogens is 3. The normalized spacial score (nSPS) is 15.4. The zero-order valence-corrected chi connectivity index (χ0v) is 16.4. The molecule has 2 aromatic heterocycles. The van der Waals surface area contributed by atoms with E-state index < -0.39 is 11.9 Å². The minimum atomic E-state index is -4.53. The number of pyridine rings is 2. The van der Waals surface area contributed by atoms with Crippen molar-refractivity contribution in [2.45, 2.75) is 32.0 Å². The largest absolute Gasteiger partial charge is 0.433 e. The summed E-state index contributed by atoms with van der Waals surface area (Å²) in [5.41, 5.74) is 0.630. The molecule has 8 heteroatoms. The highest BCUT2D eigenvalue weighted by molar-refractivity contribution is 5.99. The van der Waals surface area contributed by atoms with Gasteiger partial charge in [0.1, 0.15) is 11.5 Å². The third kappa shape index (κ3) is 4.08. The van der Waals surface area contributed by atoms with Gasteiger partial charge in [0.2, 0.25) is 5.91 Å². The molecule has 1 aliphatic rings. The highest BCUT2D eigenvalue weighted by Gasteiger charge is 2.33. The first-order valence-electron chi connectivity index (χ1n) is 9.77. The molecule has 0 bridgehead atoms. The van der Waals surface area contributed by atoms with Gasteiger partial charge in [0.25, 0.3) is 0 Å².